The van der Waals surface area contributed by atoms with E-state index in [2.05, 4.69) is 10.1 Å². The molecule has 0 aliphatic rings. The number of nitrogens with zero attached hydrogens (tertiary/aromatic N) is 3. The molecule has 0 spiro atoms. The number of aliphatic hydroxyl groups excluding tert-OH is 1. The number of aryl methyl sites for hydroxylation is 2. The van der Waals surface area contributed by atoms with Crippen LogP contribution in [0.15, 0.2) is 18.2 Å². The third-order valence-electron chi connectivity index (χ3n) is 3.16. The molecule has 4 nitrogen and oxygen atoms in total. The molecule has 7 heteroatoms. The van der Waals surface area contributed by atoms with Crippen molar-refractivity contribution in [2.24, 2.45) is 0 Å². The van der Waals surface area contributed by atoms with E-state index in [0.717, 1.165) is 6.07 Å². The van der Waals surface area contributed by atoms with E-state index in [-0.39, 0.29) is 5.56 Å². The second-order valence-electron chi connectivity index (χ2n) is 4.56. The maximum Gasteiger partial charge on any atom is 0.416 e. The van der Waals surface area contributed by atoms with E-state index in [1.54, 1.807) is 0 Å². The lowest BCUT2D eigenvalue weighted by Gasteiger charge is -2.13. The van der Waals surface area contributed by atoms with Crippen LogP contribution in [-0.2, 0) is 25.6 Å². The summed E-state index contributed by atoms with van der Waals surface area (Å²) in [5, 5.41) is 13.3. The molecule has 0 unspecified atom stereocenters. The highest BCUT2D eigenvalue weighted by molar-refractivity contribution is 5.42. The van der Waals surface area contributed by atoms with Gasteiger partial charge in [0.1, 0.15) is 5.82 Å². The lowest BCUT2D eigenvalue weighted by atomic mass is 10.1. The van der Waals surface area contributed by atoms with E-state index in [0.29, 0.717) is 30.2 Å². The Balaban J connectivity index is 2.57. The monoisotopic (exact) mass is 299 g/mol. The summed E-state index contributed by atoms with van der Waals surface area (Å²) >= 11 is 0. The average molecular weight is 299 g/mol. The van der Waals surface area contributed by atoms with Crippen LogP contribution in [0.1, 0.15) is 36.6 Å². The van der Waals surface area contributed by atoms with Crippen LogP contribution in [0.2, 0.25) is 0 Å². The number of aliphatic hydroxyl groups is 1. The van der Waals surface area contributed by atoms with Crippen molar-refractivity contribution in [1.29, 1.82) is 0 Å². The van der Waals surface area contributed by atoms with Crippen LogP contribution in [0.3, 0.4) is 0 Å². The number of rotatable bonds is 4. The molecule has 114 valence electrons. The van der Waals surface area contributed by atoms with E-state index >= 15 is 0 Å². The number of alkyl halides is 3. The Hall–Kier alpha value is -1.89. The fourth-order valence-electron chi connectivity index (χ4n) is 2.08. The van der Waals surface area contributed by atoms with Gasteiger partial charge in [0.15, 0.2) is 5.82 Å². The Morgan fingerprint density at radius 2 is 1.90 bits per heavy atom. The minimum atomic E-state index is -4.52. The highest BCUT2D eigenvalue weighted by Crippen LogP contribution is 2.33. The highest BCUT2D eigenvalue weighted by Gasteiger charge is 2.33. The minimum absolute atomic E-state index is 0.153. The molecule has 1 heterocycles. The standard InChI is InChI=1S/C14H16F3N3O/c1-3-12-18-13(4-2)20(19-12)10-6-5-9(8-21)11(7-10)14(15,16)17/h5-7,21H,3-4,8H2,1-2H3. The summed E-state index contributed by atoms with van der Waals surface area (Å²) in [6.07, 6.45) is -3.34. The lowest BCUT2D eigenvalue weighted by molar-refractivity contribution is -0.138. The molecule has 2 aromatic rings. The molecule has 0 radical (unpaired) electrons. The first kappa shape index (κ1) is 15.5. The summed E-state index contributed by atoms with van der Waals surface area (Å²) in [5.41, 5.74) is -0.707. The van der Waals surface area contributed by atoms with Gasteiger partial charge in [0.25, 0.3) is 0 Å². The maximum absolute atomic E-state index is 13.0. The van der Waals surface area contributed by atoms with Crippen molar-refractivity contribution in [3.63, 3.8) is 0 Å². The first-order chi connectivity index (χ1) is 9.90. The molecule has 1 aromatic heterocycles. The van der Waals surface area contributed by atoms with Gasteiger partial charge in [-0.2, -0.15) is 18.3 Å². The average Bonchev–Trinajstić information content (AvgIpc) is 2.89. The van der Waals surface area contributed by atoms with Crippen molar-refractivity contribution < 1.29 is 18.3 Å². The van der Waals surface area contributed by atoms with Crippen molar-refractivity contribution in [1.82, 2.24) is 14.8 Å². The van der Waals surface area contributed by atoms with Crippen LogP contribution >= 0.6 is 0 Å². The topological polar surface area (TPSA) is 50.9 Å². The molecule has 1 aromatic carbocycles. The Morgan fingerprint density at radius 1 is 1.19 bits per heavy atom. The van der Waals surface area contributed by atoms with Gasteiger partial charge in [-0.05, 0) is 17.7 Å². The van der Waals surface area contributed by atoms with Crippen LogP contribution in [0.4, 0.5) is 13.2 Å². The zero-order valence-electron chi connectivity index (χ0n) is 11.8. The molecule has 0 atom stereocenters. The van der Waals surface area contributed by atoms with E-state index in [1.807, 2.05) is 13.8 Å². The predicted molar refractivity (Wildman–Crippen MR) is 71.0 cm³/mol. The van der Waals surface area contributed by atoms with Crippen LogP contribution < -0.4 is 0 Å². The molecule has 0 aliphatic carbocycles. The Labute approximate surface area is 120 Å². The molecular formula is C14H16F3N3O. The number of hydrogen-bond donors (Lipinski definition) is 1. The van der Waals surface area contributed by atoms with Gasteiger partial charge in [0, 0.05) is 12.8 Å². The van der Waals surface area contributed by atoms with Crippen LogP contribution in [0, 0.1) is 0 Å². The van der Waals surface area contributed by atoms with Crippen LogP contribution in [0.25, 0.3) is 5.69 Å². The Bertz CT molecular complexity index is 635. The second kappa shape index (κ2) is 5.85. The molecule has 0 fully saturated rings. The number of aromatic nitrogens is 3. The first-order valence-electron chi connectivity index (χ1n) is 6.66. The van der Waals surface area contributed by atoms with Crippen molar-refractivity contribution in [3.05, 3.63) is 41.0 Å². The molecule has 0 saturated carbocycles. The van der Waals surface area contributed by atoms with Crippen molar-refractivity contribution in [3.8, 4) is 5.69 Å². The number of benzene rings is 1. The molecule has 0 saturated heterocycles. The smallest absolute Gasteiger partial charge is 0.392 e. The summed E-state index contributed by atoms with van der Waals surface area (Å²) in [4.78, 5) is 4.28. The van der Waals surface area contributed by atoms with Crippen molar-refractivity contribution >= 4 is 0 Å². The van der Waals surface area contributed by atoms with Crippen LogP contribution in [-0.4, -0.2) is 19.9 Å². The van der Waals surface area contributed by atoms with Gasteiger partial charge < -0.3 is 5.11 Å². The van der Waals surface area contributed by atoms with Crippen molar-refractivity contribution in [2.45, 2.75) is 39.5 Å². The largest absolute Gasteiger partial charge is 0.416 e. The van der Waals surface area contributed by atoms with Gasteiger partial charge in [-0.25, -0.2) is 9.67 Å². The van der Waals surface area contributed by atoms with Gasteiger partial charge in [-0.3, -0.25) is 0 Å². The summed E-state index contributed by atoms with van der Waals surface area (Å²) in [7, 11) is 0. The van der Waals surface area contributed by atoms with Gasteiger partial charge in [-0.1, -0.05) is 19.9 Å². The summed E-state index contributed by atoms with van der Waals surface area (Å²) in [6, 6.07) is 3.78. The van der Waals surface area contributed by atoms with Gasteiger partial charge in [-0.15, -0.1) is 0 Å². The van der Waals surface area contributed by atoms with E-state index in [1.165, 1.54) is 16.8 Å². The fraction of sp³-hybridized carbons (Fsp3) is 0.429. The molecule has 0 bridgehead atoms. The third-order valence-corrected chi connectivity index (χ3v) is 3.16. The van der Waals surface area contributed by atoms with Crippen LogP contribution in [0.5, 0.6) is 0 Å². The van der Waals surface area contributed by atoms with Gasteiger partial charge >= 0.3 is 6.18 Å². The summed E-state index contributed by atoms with van der Waals surface area (Å²) in [6.45, 7) is 3.09. The minimum Gasteiger partial charge on any atom is -0.392 e. The highest BCUT2D eigenvalue weighted by atomic mass is 19.4. The number of halogens is 3. The summed E-state index contributed by atoms with van der Waals surface area (Å²) in [5.74, 6) is 1.20. The molecule has 1 N–H and O–H groups in total. The molecule has 21 heavy (non-hydrogen) atoms. The maximum atomic E-state index is 13.0. The SMILES string of the molecule is CCc1nc(CC)n(-c2ccc(CO)c(C(F)(F)F)c2)n1. The zero-order valence-corrected chi connectivity index (χ0v) is 11.8. The van der Waals surface area contributed by atoms with E-state index < -0.39 is 18.3 Å². The molecule has 0 aliphatic heterocycles. The quantitative estimate of drug-likeness (QED) is 0.944. The van der Waals surface area contributed by atoms with Gasteiger partial charge in [0.05, 0.1) is 17.9 Å². The van der Waals surface area contributed by atoms with Crippen molar-refractivity contribution in [2.75, 3.05) is 0 Å². The Morgan fingerprint density at radius 3 is 2.43 bits per heavy atom. The molecule has 2 rings (SSSR count). The Kier molecular flexibility index (Phi) is 4.32. The lowest BCUT2D eigenvalue weighted by Crippen LogP contribution is -2.11. The number of hydrogen-bond acceptors (Lipinski definition) is 3. The first-order valence-corrected chi connectivity index (χ1v) is 6.66. The fourth-order valence-corrected chi connectivity index (χ4v) is 2.08. The molecular weight excluding hydrogens is 283 g/mol. The molecule has 0 amide bonds. The second-order valence-corrected chi connectivity index (χ2v) is 4.56. The third kappa shape index (κ3) is 3.07. The zero-order chi connectivity index (χ0) is 15.6. The van der Waals surface area contributed by atoms with Gasteiger partial charge in [0.2, 0.25) is 0 Å². The predicted octanol–water partition coefficient (Wildman–Crippen LogP) is 2.90. The summed E-state index contributed by atoms with van der Waals surface area (Å²) < 4.78 is 40.5. The normalized spacial score (nSPS) is 11.9. The van der Waals surface area contributed by atoms with E-state index in [9.17, 15) is 13.2 Å². The van der Waals surface area contributed by atoms with E-state index in [4.69, 9.17) is 5.11 Å².